The van der Waals surface area contributed by atoms with Crippen molar-refractivity contribution in [3.63, 3.8) is 0 Å². The third-order valence-electron chi connectivity index (χ3n) is 0.835. The van der Waals surface area contributed by atoms with Crippen LogP contribution in [0.15, 0.2) is 0 Å². The molecule has 0 unspecified atom stereocenters. The first-order chi connectivity index (χ1) is 4.77. The molecule has 68 valence electrons. The van der Waals surface area contributed by atoms with Crippen molar-refractivity contribution in [1.29, 1.82) is 0 Å². The number of hydrogen-bond acceptors (Lipinski definition) is 4. The SMILES string of the molecule is CCCS(=O)(=O)CS(=O)(=O)Cl. The Balaban J connectivity index is 4.40. The van der Waals surface area contributed by atoms with Crippen molar-refractivity contribution in [3.8, 4) is 0 Å². The first-order valence-electron chi connectivity index (χ1n) is 2.89. The van der Waals surface area contributed by atoms with Gasteiger partial charge in [0, 0.05) is 10.7 Å². The van der Waals surface area contributed by atoms with Crippen LogP contribution in [-0.4, -0.2) is 27.7 Å². The summed E-state index contributed by atoms with van der Waals surface area (Å²) < 4.78 is 42.2. The molecule has 0 saturated heterocycles. The minimum Gasteiger partial charge on any atom is -0.228 e. The van der Waals surface area contributed by atoms with Crippen molar-refractivity contribution < 1.29 is 16.8 Å². The van der Waals surface area contributed by atoms with Crippen LogP contribution in [0.25, 0.3) is 0 Å². The fourth-order valence-electron chi connectivity index (χ4n) is 0.584. The Morgan fingerprint density at radius 3 is 1.91 bits per heavy atom. The second-order valence-corrected chi connectivity index (χ2v) is 7.43. The monoisotopic (exact) mass is 220 g/mol. The molecule has 0 atom stereocenters. The molecule has 0 saturated carbocycles. The molecule has 0 N–H and O–H groups in total. The highest BCUT2D eigenvalue weighted by atomic mass is 35.7. The maximum absolute atomic E-state index is 10.8. The Kier molecular flexibility index (Phi) is 3.79. The molecule has 0 aliphatic carbocycles. The lowest BCUT2D eigenvalue weighted by Crippen LogP contribution is -2.14. The second-order valence-electron chi connectivity index (χ2n) is 2.10. The zero-order chi connectivity index (χ0) is 9.12. The van der Waals surface area contributed by atoms with E-state index >= 15 is 0 Å². The molecule has 0 aliphatic heterocycles. The van der Waals surface area contributed by atoms with E-state index in [1.54, 1.807) is 6.92 Å². The summed E-state index contributed by atoms with van der Waals surface area (Å²) in [5.41, 5.74) is 0. The van der Waals surface area contributed by atoms with Gasteiger partial charge < -0.3 is 0 Å². The highest BCUT2D eigenvalue weighted by molar-refractivity contribution is 8.21. The molecule has 0 aromatic carbocycles. The normalized spacial score (nSPS) is 13.3. The van der Waals surface area contributed by atoms with Crippen molar-refractivity contribution in [2.24, 2.45) is 0 Å². The molecule has 0 aromatic heterocycles. The van der Waals surface area contributed by atoms with E-state index in [0.29, 0.717) is 6.42 Å². The van der Waals surface area contributed by atoms with Crippen molar-refractivity contribution >= 4 is 29.6 Å². The molecule has 7 heteroatoms. The van der Waals surface area contributed by atoms with Gasteiger partial charge in [-0.05, 0) is 6.42 Å². The minimum absolute atomic E-state index is 0.140. The van der Waals surface area contributed by atoms with E-state index in [4.69, 9.17) is 10.7 Å². The maximum atomic E-state index is 10.8. The fraction of sp³-hybridized carbons (Fsp3) is 1.00. The highest BCUT2D eigenvalue weighted by Crippen LogP contribution is 2.03. The van der Waals surface area contributed by atoms with Gasteiger partial charge in [-0.15, -0.1) is 0 Å². The van der Waals surface area contributed by atoms with Crippen LogP contribution in [0.2, 0.25) is 0 Å². The highest BCUT2D eigenvalue weighted by Gasteiger charge is 2.18. The van der Waals surface area contributed by atoms with E-state index < -0.39 is 24.0 Å². The number of sulfone groups is 1. The number of hydrogen-bond donors (Lipinski definition) is 0. The van der Waals surface area contributed by atoms with E-state index in [0.717, 1.165) is 0 Å². The number of halogens is 1. The molecule has 0 radical (unpaired) electrons. The quantitative estimate of drug-likeness (QED) is 0.641. The van der Waals surface area contributed by atoms with Gasteiger partial charge in [0.2, 0.25) is 9.05 Å². The average molecular weight is 221 g/mol. The molecule has 0 aliphatic rings. The molecular formula is C4H9ClO4S2. The van der Waals surface area contributed by atoms with Crippen molar-refractivity contribution in [2.75, 3.05) is 10.8 Å². The van der Waals surface area contributed by atoms with Gasteiger partial charge in [-0.2, -0.15) is 0 Å². The van der Waals surface area contributed by atoms with Gasteiger partial charge >= 0.3 is 0 Å². The smallest absolute Gasteiger partial charge is 0.228 e. The zero-order valence-electron chi connectivity index (χ0n) is 5.95. The standard InChI is InChI=1S/C4H9ClO4S2/c1-2-3-10(6,7)4-11(5,8)9/h2-4H2,1H3. The van der Waals surface area contributed by atoms with Gasteiger partial charge in [0.1, 0.15) is 0 Å². The molecule has 4 nitrogen and oxygen atoms in total. The summed E-state index contributed by atoms with van der Waals surface area (Å²) in [5, 5.41) is -0.963. The molecule has 0 aromatic rings. The fourth-order valence-corrected chi connectivity index (χ4v) is 4.62. The maximum Gasteiger partial charge on any atom is 0.246 e. The molecule has 0 rings (SSSR count). The van der Waals surface area contributed by atoms with Gasteiger partial charge in [0.05, 0.1) is 5.75 Å². The molecule has 0 spiro atoms. The summed E-state index contributed by atoms with van der Waals surface area (Å²) in [6, 6.07) is 0. The molecular weight excluding hydrogens is 212 g/mol. The minimum atomic E-state index is -3.92. The summed E-state index contributed by atoms with van der Waals surface area (Å²) in [4.78, 5) is 0. The first-order valence-corrected chi connectivity index (χ1v) is 7.19. The lowest BCUT2D eigenvalue weighted by Gasteiger charge is -1.97. The average Bonchev–Trinajstić information content (AvgIpc) is 1.55. The zero-order valence-corrected chi connectivity index (χ0v) is 8.34. The third kappa shape index (κ3) is 6.58. The predicted molar refractivity (Wildman–Crippen MR) is 43.7 cm³/mol. The van der Waals surface area contributed by atoms with Crippen LogP contribution in [0.4, 0.5) is 0 Å². The largest absolute Gasteiger partial charge is 0.246 e. The third-order valence-corrected chi connectivity index (χ3v) is 5.23. The van der Waals surface area contributed by atoms with Crippen molar-refractivity contribution in [1.82, 2.24) is 0 Å². The molecule has 0 bridgehead atoms. The van der Waals surface area contributed by atoms with Crippen LogP contribution < -0.4 is 0 Å². The van der Waals surface area contributed by atoms with Gasteiger partial charge in [-0.25, -0.2) is 16.8 Å². The summed E-state index contributed by atoms with van der Waals surface area (Å²) in [6.45, 7) is 1.65. The molecule has 0 fully saturated rings. The molecule has 0 heterocycles. The Morgan fingerprint density at radius 2 is 1.64 bits per heavy atom. The topological polar surface area (TPSA) is 68.3 Å². The summed E-state index contributed by atoms with van der Waals surface area (Å²) in [5.74, 6) is -0.140. The summed E-state index contributed by atoms with van der Waals surface area (Å²) >= 11 is 0. The predicted octanol–water partition coefficient (Wildman–Crippen LogP) is 0.337. The van der Waals surface area contributed by atoms with E-state index in [9.17, 15) is 16.8 Å². The lowest BCUT2D eigenvalue weighted by molar-refractivity contribution is 0.593. The Hall–Kier alpha value is 0.190. The first kappa shape index (κ1) is 11.2. The van der Waals surface area contributed by atoms with Crippen LogP contribution in [0.3, 0.4) is 0 Å². The van der Waals surface area contributed by atoms with Crippen molar-refractivity contribution in [3.05, 3.63) is 0 Å². The van der Waals surface area contributed by atoms with E-state index in [1.165, 1.54) is 0 Å². The van der Waals surface area contributed by atoms with Gasteiger partial charge in [0.25, 0.3) is 0 Å². The van der Waals surface area contributed by atoms with Crippen molar-refractivity contribution in [2.45, 2.75) is 13.3 Å². The van der Waals surface area contributed by atoms with Crippen LogP contribution in [-0.2, 0) is 18.9 Å². The van der Waals surface area contributed by atoms with Gasteiger partial charge in [0.15, 0.2) is 14.9 Å². The van der Waals surface area contributed by atoms with Gasteiger partial charge in [-0.3, -0.25) is 0 Å². The molecule has 11 heavy (non-hydrogen) atoms. The second kappa shape index (κ2) is 3.73. The van der Waals surface area contributed by atoms with E-state index in [2.05, 4.69) is 0 Å². The number of rotatable bonds is 4. The Labute approximate surface area is 70.9 Å². The van der Waals surface area contributed by atoms with Gasteiger partial charge in [-0.1, -0.05) is 6.92 Å². The lowest BCUT2D eigenvalue weighted by atomic mass is 10.6. The molecule has 0 amide bonds. The van der Waals surface area contributed by atoms with Crippen LogP contribution in [0.5, 0.6) is 0 Å². The Morgan fingerprint density at radius 1 is 1.18 bits per heavy atom. The Bertz CT molecular complexity index is 301. The van der Waals surface area contributed by atoms with Crippen LogP contribution in [0.1, 0.15) is 13.3 Å². The van der Waals surface area contributed by atoms with Crippen LogP contribution >= 0.6 is 10.7 Å². The summed E-state index contributed by atoms with van der Waals surface area (Å²) in [7, 11) is -2.68. The van der Waals surface area contributed by atoms with E-state index in [1.807, 2.05) is 0 Å². The summed E-state index contributed by atoms with van der Waals surface area (Å²) in [6.07, 6.45) is 0.398. The van der Waals surface area contributed by atoms with E-state index in [-0.39, 0.29) is 5.75 Å². The van der Waals surface area contributed by atoms with Crippen LogP contribution in [0, 0.1) is 0 Å².